The van der Waals surface area contributed by atoms with Crippen LogP contribution in [-0.4, -0.2) is 88.6 Å². The third-order valence-corrected chi connectivity index (χ3v) is 6.40. The van der Waals surface area contributed by atoms with E-state index >= 15 is 0 Å². The fraction of sp³-hybridized carbons (Fsp3) is 0.720. The minimum atomic E-state index is 0. The zero-order chi connectivity index (χ0) is 22.6. The van der Waals surface area contributed by atoms with Gasteiger partial charge in [-0.3, -0.25) is 9.89 Å². The maximum Gasteiger partial charge on any atom is 0.193 e. The Hall–Kier alpha value is -1.10. The van der Waals surface area contributed by atoms with Crippen molar-refractivity contribution in [1.29, 1.82) is 0 Å². The van der Waals surface area contributed by atoms with Gasteiger partial charge in [-0.1, -0.05) is 12.1 Å². The Morgan fingerprint density at radius 1 is 1.12 bits per heavy atom. The highest BCUT2D eigenvalue weighted by molar-refractivity contribution is 14.0. The largest absolute Gasteiger partial charge is 0.497 e. The molecule has 2 aliphatic heterocycles. The van der Waals surface area contributed by atoms with Gasteiger partial charge < -0.3 is 24.4 Å². The van der Waals surface area contributed by atoms with E-state index in [-0.39, 0.29) is 30.0 Å². The first-order chi connectivity index (χ1) is 15.7. The van der Waals surface area contributed by atoms with E-state index in [2.05, 4.69) is 40.2 Å². The lowest BCUT2D eigenvalue weighted by molar-refractivity contribution is 0.00989. The molecule has 0 bridgehead atoms. The molecule has 2 heterocycles. The zero-order valence-corrected chi connectivity index (χ0v) is 23.0. The number of rotatable bonds is 11. The second kappa shape index (κ2) is 15.7. The van der Waals surface area contributed by atoms with Crippen molar-refractivity contribution in [3.05, 3.63) is 29.8 Å². The lowest BCUT2D eigenvalue weighted by Gasteiger charge is -2.35. The molecule has 7 nitrogen and oxygen atoms in total. The predicted octanol–water partition coefficient (Wildman–Crippen LogP) is 3.93. The molecular weight excluding hydrogens is 531 g/mol. The van der Waals surface area contributed by atoms with E-state index in [1.165, 1.54) is 18.4 Å². The molecule has 2 fully saturated rings. The molecule has 0 aliphatic carbocycles. The monoisotopic (exact) mass is 574 g/mol. The van der Waals surface area contributed by atoms with Crippen molar-refractivity contribution in [2.45, 2.75) is 51.2 Å². The van der Waals surface area contributed by atoms with Gasteiger partial charge in [0.25, 0.3) is 0 Å². The molecule has 2 saturated heterocycles. The van der Waals surface area contributed by atoms with E-state index < -0.39 is 0 Å². The van der Waals surface area contributed by atoms with Gasteiger partial charge in [0.05, 0.1) is 25.8 Å². The summed E-state index contributed by atoms with van der Waals surface area (Å²) in [5.41, 5.74) is 1.29. The van der Waals surface area contributed by atoms with E-state index in [1.807, 2.05) is 6.07 Å². The number of halogens is 1. The summed E-state index contributed by atoms with van der Waals surface area (Å²) in [4.78, 5) is 10.1. The minimum absolute atomic E-state index is 0. The molecule has 0 aromatic heterocycles. The van der Waals surface area contributed by atoms with Gasteiger partial charge in [0, 0.05) is 40.0 Å². The molecular formula is C25H43IN4O3. The van der Waals surface area contributed by atoms with Crippen molar-refractivity contribution >= 4 is 29.9 Å². The Kier molecular flexibility index (Phi) is 13.4. The van der Waals surface area contributed by atoms with E-state index in [1.54, 1.807) is 14.2 Å². The van der Waals surface area contributed by atoms with Crippen molar-refractivity contribution < 1.29 is 14.2 Å². The maximum atomic E-state index is 6.03. The van der Waals surface area contributed by atoms with Crippen LogP contribution in [0.5, 0.6) is 5.75 Å². The second-order valence-electron chi connectivity index (χ2n) is 8.63. The van der Waals surface area contributed by atoms with Crippen LogP contribution in [0, 0.1) is 0 Å². The zero-order valence-electron chi connectivity index (χ0n) is 20.6. The number of ether oxygens (including phenoxy) is 3. The van der Waals surface area contributed by atoms with Crippen molar-refractivity contribution in [2.24, 2.45) is 4.99 Å². The molecule has 188 valence electrons. The molecule has 0 radical (unpaired) electrons. The molecule has 1 N–H and O–H groups in total. The number of aliphatic imine (C=N–C) groups is 1. The standard InChI is InChI=1S/C25H42N4O3.HI/c1-4-26-25(29-15-11-22(12-16-29)32-18-8-17-30-2)27-20-24(28-13-5-6-14-28)21-9-7-10-23(19-21)31-3;/h7,9-10,19,22,24H,4-6,8,11-18,20H2,1-3H3,(H,26,27);1H. The smallest absolute Gasteiger partial charge is 0.193 e. The molecule has 1 aromatic rings. The minimum Gasteiger partial charge on any atom is -0.497 e. The maximum absolute atomic E-state index is 6.03. The SMILES string of the molecule is CCNC(=NCC(c1cccc(OC)c1)N1CCCC1)N1CCC(OCCCOC)CC1.I. The van der Waals surface area contributed by atoms with Crippen LogP contribution < -0.4 is 10.1 Å². The van der Waals surface area contributed by atoms with Gasteiger partial charge in [0.15, 0.2) is 5.96 Å². The Labute approximate surface area is 217 Å². The van der Waals surface area contributed by atoms with E-state index in [0.29, 0.717) is 6.10 Å². The van der Waals surface area contributed by atoms with Crippen molar-refractivity contribution in [3.8, 4) is 5.75 Å². The van der Waals surface area contributed by atoms with Crippen LogP contribution in [-0.2, 0) is 9.47 Å². The summed E-state index contributed by atoms with van der Waals surface area (Å²) < 4.78 is 16.6. The molecule has 1 unspecified atom stereocenters. The summed E-state index contributed by atoms with van der Waals surface area (Å²) >= 11 is 0. The Balaban J connectivity index is 0.00000385. The molecule has 0 spiro atoms. The van der Waals surface area contributed by atoms with Gasteiger partial charge in [-0.05, 0) is 69.8 Å². The van der Waals surface area contributed by atoms with Crippen LogP contribution in [0.3, 0.4) is 0 Å². The van der Waals surface area contributed by atoms with Crippen LogP contribution in [0.1, 0.15) is 50.6 Å². The fourth-order valence-electron chi connectivity index (χ4n) is 4.62. The third-order valence-electron chi connectivity index (χ3n) is 6.40. The first-order valence-corrected chi connectivity index (χ1v) is 12.3. The normalized spacial score (nSPS) is 18.8. The summed E-state index contributed by atoms with van der Waals surface area (Å²) in [6.07, 6.45) is 5.93. The third kappa shape index (κ3) is 8.88. The van der Waals surface area contributed by atoms with Crippen molar-refractivity contribution in [2.75, 3.05) is 66.7 Å². The van der Waals surface area contributed by atoms with Crippen LogP contribution in [0.4, 0.5) is 0 Å². The molecule has 1 atom stereocenters. The highest BCUT2D eigenvalue weighted by atomic mass is 127. The number of methoxy groups -OCH3 is 2. The highest BCUT2D eigenvalue weighted by Gasteiger charge is 2.25. The number of piperidine rings is 1. The number of nitrogens with one attached hydrogen (secondary N) is 1. The van der Waals surface area contributed by atoms with Crippen LogP contribution in [0.2, 0.25) is 0 Å². The predicted molar refractivity (Wildman–Crippen MR) is 145 cm³/mol. The Morgan fingerprint density at radius 2 is 1.88 bits per heavy atom. The summed E-state index contributed by atoms with van der Waals surface area (Å²) in [6.45, 7) is 9.55. The number of guanidine groups is 1. The molecule has 33 heavy (non-hydrogen) atoms. The van der Waals surface area contributed by atoms with Gasteiger partial charge in [-0.2, -0.15) is 0 Å². The van der Waals surface area contributed by atoms with Gasteiger partial charge >= 0.3 is 0 Å². The molecule has 2 aliphatic rings. The summed E-state index contributed by atoms with van der Waals surface area (Å²) in [6, 6.07) is 8.75. The van der Waals surface area contributed by atoms with Gasteiger partial charge in [0.1, 0.15) is 5.75 Å². The second-order valence-corrected chi connectivity index (χ2v) is 8.63. The Morgan fingerprint density at radius 3 is 2.55 bits per heavy atom. The lowest BCUT2D eigenvalue weighted by atomic mass is 10.1. The highest BCUT2D eigenvalue weighted by Crippen LogP contribution is 2.28. The van der Waals surface area contributed by atoms with Gasteiger partial charge in [0.2, 0.25) is 0 Å². The van der Waals surface area contributed by atoms with Crippen molar-refractivity contribution in [1.82, 2.24) is 15.1 Å². The number of hydrogen-bond donors (Lipinski definition) is 1. The van der Waals surface area contributed by atoms with E-state index in [0.717, 1.165) is 83.5 Å². The first kappa shape index (κ1) is 28.1. The van der Waals surface area contributed by atoms with E-state index in [9.17, 15) is 0 Å². The number of likely N-dealkylation sites (tertiary alicyclic amines) is 2. The molecule has 1 aromatic carbocycles. The molecule has 0 amide bonds. The van der Waals surface area contributed by atoms with Gasteiger partial charge in [-0.25, -0.2) is 0 Å². The van der Waals surface area contributed by atoms with Gasteiger partial charge in [-0.15, -0.1) is 24.0 Å². The van der Waals surface area contributed by atoms with E-state index in [4.69, 9.17) is 19.2 Å². The number of nitrogens with zero attached hydrogens (tertiary/aromatic N) is 3. The molecule has 8 heteroatoms. The quantitative estimate of drug-likeness (QED) is 0.187. The van der Waals surface area contributed by atoms with Crippen LogP contribution in [0.25, 0.3) is 0 Å². The summed E-state index contributed by atoms with van der Waals surface area (Å²) in [5.74, 6) is 1.94. The summed E-state index contributed by atoms with van der Waals surface area (Å²) in [5, 5.41) is 3.52. The fourth-order valence-corrected chi connectivity index (χ4v) is 4.62. The van der Waals surface area contributed by atoms with Crippen molar-refractivity contribution in [3.63, 3.8) is 0 Å². The first-order valence-electron chi connectivity index (χ1n) is 12.3. The lowest BCUT2D eigenvalue weighted by Crippen LogP contribution is -2.47. The average molecular weight is 575 g/mol. The number of benzene rings is 1. The average Bonchev–Trinajstić information content (AvgIpc) is 3.36. The number of hydrogen-bond acceptors (Lipinski definition) is 5. The summed E-state index contributed by atoms with van der Waals surface area (Å²) in [7, 11) is 3.47. The topological polar surface area (TPSA) is 58.6 Å². The Bertz CT molecular complexity index is 692. The molecule has 3 rings (SSSR count). The van der Waals surface area contributed by atoms with Crippen LogP contribution in [0.15, 0.2) is 29.3 Å². The van der Waals surface area contributed by atoms with Crippen LogP contribution >= 0.6 is 24.0 Å². The molecule has 0 saturated carbocycles.